The number of benzene rings is 1. The number of nitrogen functional groups attached to an aromatic ring is 1. The molecule has 0 unspecified atom stereocenters. The zero-order valence-corrected chi connectivity index (χ0v) is 13.4. The van der Waals surface area contributed by atoms with Gasteiger partial charge in [0.15, 0.2) is 0 Å². The van der Waals surface area contributed by atoms with Gasteiger partial charge in [-0.05, 0) is 55.7 Å². The van der Waals surface area contributed by atoms with Crippen molar-refractivity contribution in [2.75, 3.05) is 10.5 Å². The number of aryl methyl sites for hydroxylation is 3. The summed E-state index contributed by atoms with van der Waals surface area (Å²) < 4.78 is 27.7. The van der Waals surface area contributed by atoms with E-state index in [0.717, 1.165) is 22.4 Å². The Balaban J connectivity index is 2.35. The molecule has 1 aromatic heterocycles. The van der Waals surface area contributed by atoms with Gasteiger partial charge in [0.2, 0.25) is 0 Å². The molecule has 3 N–H and O–H groups in total. The van der Waals surface area contributed by atoms with Gasteiger partial charge in [0.25, 0.3) is 10.0 Å². The molecule has 0 aliphatic rings. The second-order valence-electron chi connectivity index (χ2n) is 4.70. The molecule has 0 amide bonds. The van der Waals surface area contributed by atoms with Gasteiger partial charge < -0.3 is 5.73 Å². The number of thiophene rings is 1. The molecule has 0 fully saturated rings. The van der Waals surface area contributed by atoms with Crippen LogP contribution in [0, 0.1) is 13.8 Å². The van der Waals surface area contributed by atoms with Crippen molar-refractivity contribution in [3.05, 3.63) is 40.3 Å². The lowest BCUT2D eigenvalue weighted by atomic mass is 10.1. The first-order valence-electron chi connectivity index (χ1n) is 6.31. The molecule has 0 saturated heterocycles. The molecule has 0 aliphatic heterocycles. The second-order valence-corrected chi connectivity index (χ2v) is 7.78. The van der Waals surface area contributed by atoms with Crippen LogP contribution in [0.5, 0.6) is 0 Å². The number of rotatable bonds is 4. The monoisotopic (exact) mass is 310 g/mol. The molecule has 0 atom stereocenters. The molecule has 1 aromatic carbocycles. The number of hydrogen-bond donors (Lipinski definition) is 2. The van der Waals surface area contributed by atoms with Crippen LogP contribution >= 0.6 is 11.3 Å². The summed E-state index contributed by atoms with van der Waals surface area (Å²) in [5.74, 6) is 0. The third-order valence-electron chi connectivity index (χ3n) is 3.11. The first kappa shape index (κ1) is 14.9. The Bertz CT molecular complexity index is 734. The molecule has 6 heteroatoms. The van der Waals surface area contributed by atoms with Crippen molar-refractivity contribution in [3.8, 4) is 0 Å². The fraction of sp³-hybridized carbons (Fsp3) is 0.286. The normalized spacial score (nSPS) is 11.6. The fourth-order valence-electron chi connectivity index (χ4n) is 1.84. The van der Waals surface area contributed by atoms with E-state index in [1.54, 1.807) is 18.2 Å². The van der Waals surface area contributed by atoms with E-state index in [9.17, 15) is 8.42 Å². The fourth-order valence-corrected chi connectivity index (χ4v) is 4.25. The highest BCUT2D eigenvalue weighted by molar-refractivity contribution is 7.94. The van der Waals surface area contributed by atoms with E-state index in [1.807, 2.05) is 26.8 Å². The van der Waals surface area contributed by atoms with Crippen molar-refractivity contribution < 1.29 is 8.42 Å². The van der Waals surface area contributed by atoms with Crippen LogP contribution in [0.2, 0.25) is 0 Å². The summed E-state index contributed by atoms with van der Waals surface area (Å²) in [6.07, 6.45) is 0.834. The van der Waals surface area contributed by atoms with Crippen LogP contribution in [0.3, 0.4) is 0 Å². The van der Waals surface area contributed by atoms with Gasteiger partial charge in [0, 0.05) is 10.6 Å². The van der Waals surface area contributed by atoms with Crippen LogP contribution in [0.4, 0.5) is 11.4 Å². The average Bonchev–Trinajstić information content (AvgIpc) is 2.85. The minimum absolute atomic E-state index is 0.336. The summed E-state index contributed by atoms with van der Waals surface area (Å²) in [5, 5.41) is 0. The van der Waals surface area contributed by atoms with Gasteiger partial charge in [-0.25, -0.2) is 8.42 Å². The predicted octanol–water partition coefficient (Wildman–Crippen LogP) is 3.31. The quantitative estimate of drug-likeness (QED) is 0.851. The molecule has 4 nitrogen and oxygen atoms in total. The third kappa shape index (κ3) is 2.96. The van der Waals surface area contributed by atoms with E-state index in [1.165, 1.54) is 11.3 Å². The highest BCUT2D eigenvalue weighted by Gasteiger charge is 2.18. The standard InChI is InChI=1S/C14H18N2O2S2/c1-4-11-5-6-14(19-11)20(17,18)16-13-8-9(2)12(15)7-10(13)3/h5-8,16H,4,15H2,1-3H3. The van der Waals surface area contributed by atoms with Crippen molar-refractivity contribution in [1.82, 2.24) is 0 Å². The first-order valence-corrected chi connectivity index (χ1v) is 8.61. The van der Waals surface area contributed by atoms with Gasteiger partial charge in [-0.15, -0.1) is 11.3 Å². The van der Waals surface area contributed by atoms with Gasteiger partial charge in [-0.1, -0.05) is 6.92 Å². The molecular weight excluding hydrogens is 292 g/mol. The topological polar surface area (TPSA) is 72.2 Å². The van der Waals surface area contributed by atoms with Crippen LogP contribution in [-0.2, 0) is 16.4 Å². The summed E-state index contributed by atoms with van der Waals surface area (Å²) in [6, 6.07) is 7.03. The Morgan fingerprint density at radius 3 is 2.50 bits per heavy atom. The Kier molecular flexibility index (Phi) is 4.06. The van der Waals surface area contributed by atoms with Gasteiger partial charge in [-0.2, -0.15) is 0 Å². The van der Waals surface area contributed by atoms with Gasteiger partial charge in [-0.3, -0.25) is 4.72 Å². The van der Waals surface area contributed by atoms with Crippen molar-refractivity contribution in [2.45, 2.75) is 31.4 Å². The smallest absolute Gasteiger partial charge is 0.271 e. The average molecular weight is 310 g/mol. The van der Waals surface area contributed by atoms with Crippen molar-refractivity contribution >= 4 is 32.7 Å². The van der Waals surface area contributed by atoms with Gasteiger partial charge in [0.1, 0.15) is 4.21 Å². The molecule has 0 saturated carbocycles. The minimum atomic E-state index is -3.53. The Morgan fingerprint density at radius 2 is 1.90 bits per heavy atom. The lowest BCUT2D eigenvalue weighted by Crippen LogP contribution is -2.12. The summed E-state index contributed by atoms with van der Waals surface area (Å²) in [4.78, 5) is 1.05. The molecule has 1 heterocycles. The van der Waals surface area contributed by atoms with Crippen LogP contribution in [0.25, 0.3) is 0 Å². The van der Waals surface area contributed by atoms with Crippen LogP contribution in [-0.4, -0.2) is 8.42 Å². The molecular formula is C14H18N2O2S2. The molecule has 2 aromatic rings. The van der Waals surface area contributed by atoms with Crippen molar-refractivity contribution in [2.24, 2.45) is 0 Å². The number of sulfonamides is 1. The number of anilines is 2. The van der Waals surface area contributed by atoms with Crippen molar-refractivity contribution in [3.63, 3.8) is 0 Å². The zero-order valence-electron chi connectivity index (χ0n) is 11.7. The minimum Gasteiger partial charge on any atom is -0.399 e. The number of nitrogens with one attached hydrogen (secondary N) is 1. The lowest BCUT2D eigenvalue weighted by molar-refractivity contribution is 0.603. The Hall–Kier alpha value is -1.53. The van der Waals surface area contributed by atoms with E-state index in [4.69, 9.17) is 5.73 Å². The summed E-state index contributed by atoms with van der Waals surface area (Å²) in [7, 11) is -3.53. The molecule has 0 spiro atoms. The first-order chi connectivity index (χ1) is 9.33. The molecule has 0 bridgehead atoms. The Morgan fingerprint density at radius 1 is 1.20 bits per heavy atom. The van der Waals surface area contributed by atoms with Gasteiger partial charge in [0.05, 0.1) is 5.69 Å². The maximum absolute atomic E-state index is 12.3. The summed E-state index contributed by atoms with van der Waals surface area (Å²) in [6.45, 7) is 5.69. The largest absolute Gasteiger partial charge is 0.399 e. The van der Waals surface area contributed by atoms with Gasteiger partial charge >= 0.3 is 0 Å². The molecule has 0 aliphatic carbocycles. The maximum Gasteiger partial charge on any atom is 0.271 e. The Labute approximate surface area is 123 Å². The van der Waals surface area contributed by atoms with Crippen LogP contribution < -0.4 is 10.5 Å². The summed E-state index contributed by atoms with van der Waals surface area (Å²) in [5.41, 5.74) is 8.71. The van der Waals surface area contributed by atoms with E-state index in [0.29, 0.717) is 15.6 Å². The highest BCUT2D eigenvalue weighted by Crippen LogP contribution is 2.27. The SMILES string of the molecule is CCc1ccc(S(=O)(=O)Nc2cc(C)c(N)cc2C)s1. The zero-order chi connectivity index (χ0) is 14.9. The lowest BCUT2D eigenvalue weighted by Gasteiger charge is -2.11. The van der Waals surface area contributed by atoms with E-state index >= 15 is 0 Å². The second kappa shape index (κ2) is 5.46. The van der Waals surface area contributed by atoms with E-state index in [2.05, 4.69) is 4.72 Å². The van der Waals surface area contributed by atoms with E-state index < -0.39 is 10.0 Å². The van der Waals surface area contributed by atoms with Crippen molar-refractivity contribution in [1.29, 1.82) is 0 Å². The molecule has 108 valence electrons. The third-order valence-corrected chi connectivity index (χ3v) is 6.19. The molecule has 2 rings (SSSR count). The number of hydrogen-bond acceptors (Lipinski definition) is 4. The molecule has 20 heavy (non-hydrogen) atoms. The molecule has 0 radical (unpaired) electrons. The summed E-state index contributed by atoms with van der Waals surface area (Å²) >= 11 is 1.30. The van der Waals surface area contributed by atoms with Crippen LogP contribution in [0.1, 0.15) is 22.9 Å². The highest BCUT2D eigenvalue weighted by atomic mass is 32.2. The number of nitrogens with two attached hydrogens (primary N) is 1. The van der Waals surface area contributed by atoms with E-state index in [-0.39, 0.29) is 0 Å². The van der Waals surface area contributed by atoms with Crippen LogP contribution in [0.15, 0.2) is 28.5 Å². The maximum atomic E-state index is 12.3. The predicted molar refractivity (Wildman–Crippen MR) is 84.8 cm³/mol.